The lowest BCUT2D eigenvalue weighted by atomic mass is 9.78. The number of aryl methyl sites for hydroxylation is 1. The summed E-state index contributed by atoms with van der Waals surface area (Å²) in [6, 6.07) is 14.7. The number of para-hydroxylation sites is 1. The number of rotatable bonds is 8. The summed E-state index contributed by atoms with van der Waals surface area (Å²) in [5, 5.41) is 9.60. The molecule has 1 spiro atoms. The Morgan fingerprint density at radius 2 is 1.76 bits per heavy atom. The zero-order valence-corrected chi connectivity index (χ0v) is 25.3. The number of thioether (sulfide) groups is 1. The van der Waals surface area contributed by atoms with Crippen LogP contribution in [0.25, 0.3) is 0 Å². The highest BCUT2D eigenvalue weighted by Crippen LogP contribution is 2.61. The van der Waals surface area contributed by atoms with Gasteiger partial charge in [0.05, 0.1) is 27.3 Å². The average Bonchev–Trinajstić information content (AvgIpc) is 3.29. The highest BCUT2D eigenvalue weighted by atomic mass is 35.5. The first-order chi connectivity index (χ1) is 20.4. The molecule has 9 heteroatoms. The van der Waals surface area contributed by atoms with Crippen LogP contribution in [0.4, 0.5) is 5.69 Å². The van der Waals surface area contributed by atoms with E-state index in [4.69, 9.17) is 11.6 Å². The number of hydrogen-bond donors (Lipinski definition) is 1. The number of hydrogen-bond acceptors (Lipinski definition) is 5. The molecule has 0 radical (unpaired) electrons. The molecule has 220 valence electrons. The van der Waals surface area contributed by atoms with Crippen molar-refractivity contribution in [3.63, 3.8) is 0 Å². The molecule has 1 unspecified atom stereocenters. The normalized spacial score (nSPS) is 28.5. The zero-order chi connectivity index (χ0) is 29.4. The number of aliphatic hydroxyl groups is 1. The fraction of sp³-hybridized carbons (Fsp3) is 0.424. The van der Waals surface area contributed by atoms with Gasteiger partial charge < -0.3 is 19.8 Å². The van der Waals surface area contributed by atoms with Crippen LogP contribution in [-0.4, -0.2) is 74.9 Å². The minimum absolute atomic E-state index is 0.0404. The molecule has 1 N–H and O–H groups in total. The first-order valence-electron chi connectivity index (χ1n) is 14.7. The van der Waals surface area contributed by atoms with Crippen molar-refractivity contribution >= 4 is 46.8 Å². The van der Waals surface area contributed by atoms with Gasteiger partial charge in [-0.25, -0.2) is 0 Å². The molecular weight excluding hydrogens is 570 g/mol. The van der Waals surface area contributed by atoms with Gasteiger partial charge in [0, 0.05) is 38.0 Å². The van der Waals surface area contributed by atoms with E-state index in [1.54, 1.807) is 27.6 Å². The zero-order valence-electron chi connectivity index (χ0n) is 23.7. The Bertz CT molecular complexity index is 1410. The molecule has 4 aliphatic heterocycles. The van der Waals surface area contributed by atoms with Gasteiger partial charge in [-0.15, -0.1) is 11.8 Å². The van der Waals surface area contributed by atoms with Gasteiger partial charge in [-0.05, 0) is 43.4 Å². The van der Waals surface area contributed by atoms with E-state index in [9.17, 15) is 19.5 Å². The second-order valence-electron chi connectivity index (χ2n) is 11.5. The minimum atomic E-state index is -0.875. The lowest BCUT2D eigenvalue weighted by molar-refractivity contribution is -0.143. The van der Waals surface area contributed by atoms with E-state index in [1.165, 1.54) is 0 Å². The molecule has 4 heterocycles. The van der Waals surface area contributed by atoms with Crippen LogP contribution < -0.4 is 4.90 Å². The number of fused-ring (bicyclic) bond motifs is 2. The quantitative estimate of drug-likeness (QED) is 0.351. The van der Waals surface area contributed by atoms with Gasteiger partial charge >= 0.3 is 0 Å². The average molecular weight is 606 g/mol. The van der Waals surface area contributed by atoms with E-state index in [2.05, 4.69) is 6.08 Å². The van der Waals surface area contributed by atoms with E-state index in [0.717, 1.165) is 17.5 Å². The van der Waals surface area contributed by atoms with Crippen LogP contribution in [0.1, 0.15) is 30.4 Å². The number of anilines is 1. The number of halogens is 1. The standard InChI is InChI=1S/C33H36ClN3O4S/c1-22-11-8-14-24(34)28(22)36-19-10-16-33-27(31(40)37(29(33)32(36)41)18-6-3-7-20-38)26-25(42-33)15-9-17-35(30(26)39)21-23-12-4-2-5-13-23/h2,4-5,8-16,25-27,29,38H,3,6-7,17-21H2,1H3/t25-,26+,27+,29?,33+/m1/s1. The third kappa shape index (κ3) is 4.87. The fourth-order valence-electron chi connectivity index (χ4n) is 7.11. The van der Waals surface area contributed by atoms with Crippen molar-refractivity contribution in [2.75, 3.05) is 31.1 Å². The van der Waals surface area contributed by atoms with Gasteiger partial charge in [0.15, 0.2) is 0 Å². The number of aliphatic hydroxyl groups excluding tert-OH is 1. The van der Waals surface area contributed by atoms with Gasteiger partial charge in [0.25, 0.3) is 5.91 Å². The lowest BCUT2D eigenvalue weighted by Gasteiger charge is -2.35. The molecule has 2 fully saturated rings. The van der Waals surface area contributed by atoms with Gasteiger partial charge in [0.2, 0.25) is 11.8 Å². The molecule has 0 aromatic heterocycles. The summed E-state index contributed by atoms with van der Waals surface area (Å²) in [5.41, 5.74) is 2.58. The van der Waals surface area contributed by atoms with Crippen LogP contribution in [-0.2, 0) is 20.9 Å². The van der Waals surface area contributed by atoms with E-state index >= 15 is 0 Å². The Morgan fingerprint density at radius 1 is 0.952 bits per heavy atom. The van der Waals surface area contributed by atoms with Crippen molar-refractivity contribution in [3.05, 3.63) is 89.0 Å². The topological polar surface area (TPSA) is 81.2 Å². The largest absolute Gasteiger partial charge is 0.396 e. The Kier molecular flexibility index (Phi) is 8.22. The molecular formula is C33H36ClN3O4S. The second kappa shape index (κ2) is 11.9. The van der Waals surface area contributed by atoms with Crippen LogP contribution in [0.5, 0.6) is 0 Å². The third-order valence-corrected chi connectivity index (χ3v) is 11.0. The molecule has 2 aromatic carbocycles. The minimum Gasteiger partial charge on any atom is -0.396 e. The SMILES string of the molecule is Cc1cccc(Cl)c1N1CC=C[C@]23S[C@@H]4C=CCN(Cc5ccccc5)C(=O)[C@@H]4[C@H]2C(=O)N(CCCCCO)C3C1=O. The first-order valence-corrected chi connectivity index (χ1v) is 16.0. The van der Waals surface area contributed by atoms with Crippen molar-refractivity contribution in [2.45, 2.75) is 48.8 Å². The first kappa shape index (κ1) is 29.0. The summed E-state index contributed by atoms with van der Waals surface area (Å²) >= 11 is 8.24. The van der Waals surface area contributed by atoms with Gasteiger partial charge in [-0.3, -0.25) is 14.4 Å². The van der Waals surface area contributed by atoms with Crippen molar-refractivity contribution in [1.29, 1.82) is 0 Å². The van der Waals surface area contributed by atoms with Crippen molar-refractivity contribution in [2.24, 2.45) is 11.8 Å². The maximum Gasteiger partial charge on any atom is 0.251 e. The number of carbonyl (C=O) groups is 3. The Morgan fingerprint density at radius 3 is 2.52 bits per heavy atom. The molecule has 0 saturated carbocycles. The summed E-state index contributed by atoms with van der Waals surface area (Å²) in [6.45, 7) is 3.70. The van der Waals surface area contributed by atoms with Gasteiger partial charge in [-0.1, -0.05) is 78.4 Å². The summed E-state index contributed by atoms with van der Waals surface area (Å²) in [4.78, 5) is 48.7. The van der Waals surface area contributed by atoms with Crippen LogP contribution in [0, 0.1) is 18.8 Å². The number of nitrogens with zero attached hydrogens (tertiary/aromatic N) is 3. The van der Waals surface area contributed by atoms with Crippen molar-refractivity contribution in [3.8, 4) is 0 Å². The molecule has 42 heavy (non-hydrogen) atoms. The van der Waals surface area contributed by atoms with Crippen LogP contribution in [0.15, 0.2) is 72.8 Å². The van der Waals surface area contributed by atoms with Crippen molar-refractivity contribution < 1.29 is 19.5 Å². The molecule has 0 aliphatic carbocycles. The smallest absolute Gasteiger partial charge is 0.251 e. The van der Waals surface area contributed by atoms with E-state index in [-0.39, 0.29) is 29.6 Å². The Balaban J connectivity index is 1.39. The van der Waals surface area contributed by atoms with E-state index in [0.29, 0.717) is 49.7 Å². The summed E-state index contributed by atoms with van der Waals surface area (Å²) < 4.78 is -0.875. The summed E-state index contributed by atoms with van der Waals surface area (Å²) in [6.07, 6.45) is 10.2. The highest BCUT2D eigenvalue weighted by molar-refractivity contribution is 8.02. The molecule has 0 bridgehead atoms. The maximum absolute atomic E-state index is 14.6. The molecule has 2 aromatic rings. The van der Waals surface area contributed by atoms with E-state index in [1.807, 2.05) is 72.5 Å². The lowest BCUT2D eigenvalue weighted by Crippen LogP contribution is -2.53. The number of benzene rings is 2. The van der Waals surface area contributed by atoms with Gasteiger partial charge in [-0.2, -0.15) is 0 Å². The predicted octanol–water partition coefficient (Wildman–Crippen LogP) is 4.61. The maximum atomic E-state index is 14.6. The third-order valence-electron chi connectivity index (χ3n) is 8.97. The summed E-state index contributed by atoms with van der Waals surface area (Å²) in [5.74, 6) is -1.57. The number of likely N-dealkylation sites (tertiary alicyclic amines) is 1. The second-order valence-corrected chi connectivity index (χ2v) is 13.4. The van der Waals surface area contributed by atoms with Crippen LogP contribution in [0.2, 0.25) is 5.02 Å². The molecule has 4 aliphatic rings. The molecule has 6 rings (SSSR count). The number of amides is 3. The highest BCUT2D eigenvalue weighted by Gasteiger charge is 2.71. The predicted molar refractivity (Wildman–Crippen MR) is 166 cm³/mol. The van der Waals surface area contributed by atoms with Crippen LogP contribution >= 0.6 is 23.4 Å². The molecule has 3 amide bonds. The fourth-order valence-corrected chi connectivity index (χ4v) is 9.44. The summed E-state index contributed by atoms with van der Waals surface area (Å²) in [7, 11) is 0. The molecule has 2 saturated heterocycles. The number of carbonyl (C=O) groups excluding carboxylic acids is 3. The van der Waals surface area contributed by atoms with E-state index < -0.39 is 22.6 Å². The van der Waals surface area contributed by atoms with Gasteiger partial charge in [0.1, 0.15) is 6.04 Å². The Labute approximate surface area is 256 Å². The number of unbranched alkanes of at least 4 members (excludes halogenated alkanes) is 2. The van der Waals surface area contributed by atoms with Crippen molar-refractivity contribution in [1.82, 2.24) is 9.80 Å². The molecule has 7 nitrogen and oxygen atoms in total. The molecule has 5 atom stereocenters. The monoisotopic (exact) mass is 605 g/mol. The van der Waals surface area contributed by atoms with Crippen LogP contribution in [0.3, 0.4) is 0 Å². The Hall–Kier alpha value is -3.07.